The van der Waals surface area contributed by atoms with Crippen molar-refractivity contribution in [2.45, 2.75) is 31.3 Å². The molecule has 0 heterocycles. The molecule has 0 unspecified atom stereocenters. The van der Waals surface area contributed by atoms with Crippen molar-refractivity contribution in [3.8, 4) is 11.5 Å². The Balaban J connectivity index is 1.94. The van der Waals surface area contributed by atoms with Gasteiger partial charge in [-0.1, -0.05) is 6.07 Å². The Kier molecular flexibility index (Phi) is 7.66. The van der Waals surface area contributed by atoms with Gasteiger partial charge in [-0.2, -0.15) is 26.3 Å². The summed E-state index contributed by atoms with van der Waals surface area (Å²) in [4.78, 5) is 11.4. The molecule has 0 saturated heterocycles. The molecule has 0 aliphatic rings. The molecule has 0 radical (unpaired) electrons. The number of aryl methyl sites for hydroxylation is 1. The molecule has 2 rings (SSSR count). The summed E-state index contributed by atoms with van der Waals surface area (Å²) in [6.07, 6.45) is -11.5. The second kappa shape index (κ2) is 9.68. The molecule has 0 atom stereocenters. The van der Waals surface area contributed by atoms with Gasteiger partial charge in [-0.05, 0) is 48.9 Å². The molecule has 0 saturated carbocycles. The van der Waals surface area contributed by atoms with E-state index < -0.39 is 29.5 Å². The summed E-state index contributed by atoms with van der Waals surface area (Å²) in [5.41, 5.74) is -5.99. The number of benzene rings is 2. The topological polar surface area (TPSA) is 65.0 Å². The average Bonchev–Trinajstić information content (AvgIpc) is 2.72. The number of hydrogen-bond acceptors (Lipinski definition) is 5. The third kappa shape index (κ3) is 5.45. The fourth-order valence-corrected chi connectivity index (χ4v) is 2.76. The van der Waals surface area contributed by atoms with Crippen molar-refractivity contribution in [3.63, 3.8) is 0 Å². The van der Waals surface area contributed by atoms with E-state index in [2.05, 4.69) is 4.74 Å². The molecule has 0 bridgehead atoms. The van der Waals surface area contributed by atoms with E-state index in [0.717, 1.165) is 6.07 Å². The molecule has 176 valence electrons. The maximum absolute atomic E-state index is 13.0. The number of rotatable bonds is 8. The molecular formula is C21H20F6O5. The summed E-state index contributed by atoms with van der Waals surface area (Å²) in [5, 5.41) is 9.45. The number of alkyl halides is 6. The van der Waals surface area contributed by atoms with E-state index in [9.17, 15) is 36.2 Å². The Morgan fingerprint density at radius 2 is 1.47 bits per heavy atom. The van der Waals surface area contributed by atoms with E-state index in [4.69, 9.17) is 9.47 Å². The van der Waals surface area contributed by atoms with Crippen molar-refractivity contribution in [1.29, 1.82) is 0 Å². The third-order valence-corrected chi connectivity index (χ3v) is 4.50. The molecule has 1 N–H and O–H groups in total. The minimum Gasteiger partial charge on any atom is -0.493 e. The van der Waals surface area contributed by atoms with Gasteiger partial charge in [-0.15, -0.1) is 0 Å². The summed E-state index contributed by atoms with van der Waals surface area (Å²) in [6.45, 7) is 1.55. The lowest BCUT2D eigenvalue weighted by atomic mass is 9.91. The molecule has 0 fully saturated rings. The molecule has 5 nitrogen and oxygen atoms in total. The number of aliphatic hydroxyl groups is 1. The zero-order chi connectivity index (χ0) is 24.2. The number of carbonyl (C=O) groups is 1. The monoisotopic (exact) mass is 466 g/mol. The summed E-state index contributed by atoms with van der Waals surface area (Å²) in [5.74, 6) is 0.0647. The van der Waals surface area contributed by atoms with Crippen molar-refractivity contribution in [2.75, 3.05) is 20.3 Å². The highest BCUT2D eigenvalue weighted by Crippen LogP contribution is 2.50. The molecule has 11 heteroatoms. The molecule has 0 spiro atoms. The van der Waals surface area contributed by atoms with Gasteiger partial charge in [-0.25, -0.2) is 4.79 Å². The first kappa shape index (κ1) is 25.3. The van der Waals surface area contributed by atoms with Crippen molar-refractivity contribution in [3.05, 3.63) is 59.2 Å². The van der Waals surface area contributed by atoms with Crippen LogP contribution < -0.4 is 9.47 Å². The van der Waals surface area contributed by atoms with Crippen LogP contribution in [-0.2, 0) is 10.3 Å². The van der Waals surface area contributed by atoms with Crippen molar-refractivity contribution in [2.24, 2.45) is 0 Å². The zero-order valence-electron chi connectivity index (χ0n) is 17.0. The Morgan fingerprint density at radius 1 is 0.906 bits per heavy atom. The number of ether oxygens (including phenoxy) is 3. The van der Waals surface area contributed by atoms with E-state index in [1.54, 1.807) is 12.1 Å². The Bertz CT molecular complexity index is 908. The standard InChI is InChI=1S/C21H20F6O5/c1-13-12-15(19(29,20(22,23)24)21(25,26)27)6-9-17(13)32-11-3-10-31-16-7-4-14(5-8-16)18(28)30-2/h4-9,12,29H,3,10-11H2,1-2H3. The zero-order valence-corrected chi connectivity index (χ0v) is 17.0. The summed E-state index contributed by atoms with van der Waals surface area (Å²) >= 11 is 0. The summed E-state index contributed by atoms with van der Waals surface area (Å²) in [6, 6.07) is 8.24. The highest BCUT2D eigenvalue weighted by molar-refractivity contribution is 5.89. The van der Waals surface area contributed by atoms with Gasteiger partial charge in [0, 0.05) is 12.0 Å². The fraction of sp³-hybridized carbons (Fsp3) is 0.381. The van der Waals surface area contributed by atoms with Crippen LogP contribution in [0.1, 0.15) is 27.9 Å². The highest BCUT2D eigenvalue weighted by atomic mass is 19.4. The maximum atomic E-state index is 13.0. The van der Waals surface area contributed by atoms with Crippen LogP contribution in [-0.4, -0.2) is 43.8 Å². The number of halogens is 6. The van der Waals surface area contributed by atoms with E-state index >= 15 is 0 Å². The van der Waals surface area contributed by atoms with Gasteiger partial charge < -0.3 is 19.3 Å². The quantitative estimate of drug-likeness (QED) is 0.339. The molecular weight excluding hydrogens is 446 g/mol. The van der Waals surface area contributed by atoms with Crippen molar-refractivity contribution < 1.29 is 50.5 Å². The normalized spacial score (nSPS) is 12.4. The van der Waals surface area contributed by atoms with Crippen LogP contribution in [0.25, 0.3) is 0 Å². The van der Waals surface area contributed by atoms with Gasteiger partial charge in [0.1, 0.15) is 11.5 Å². The van der Waals surface area contributed by atoms with Gasteiger partial charge in [0.05, 0.1) is 25.9 Å². The van der Waals surface area contributed by atoms with Gasteiger partial charge >= 0.3 is 18.3 Å². The Morgan fingerprint density at radius 3 is 1.97 bits per heavy atom. The van der Waals surface area contributed by atoms with Crippen LogP contribution in [0.3, 0.4) is 0 Å². The lowest BCUT2D eigenvalue weighted by molar-refractivity contribution is -0.376. The van der Waals surface area contributed by atoms with Crippen molar-refractivity contribution >= 4 is 5.97 Å². The van der Waals surface area contributed by atoms with Crippen LogP contribution in [0.15, 0.2) is 42.5 Å². The SMILES string of the molecule is COC(=O)c1ccc(OCCCOc2ccc(C(O)(C(F)(F)F)C(F)(F)F)cc2C)cc1. The van der Waals surface area contributed by atoms with Crippen molar-refractivity contribution in [1.82, 2.24) is 0 Å². The summed E-state index contributed by atoms with van der Waals surface area (Å²) in [7, 11) is 1.26. The molecule has 2 aromatic carbocycles. The van der Waals surface area contributed by atoms with Crippen LogP contribution in [0.5, 0.6) is 11.5 Å². The third-order valence-electron chi connectivity index (χ3n) is 4.50. The first-order valence-corrected chi connectivity index (χ1v) is 9.22. The van der Waals surface area contributed by atoms with Crippen LogP contribution in [0.2, 0.25) is 0 Å². The van der Waals surface area contributed by atoms with Crippen LogP contribution >= 0.6 is 0 Å². The van der Waals surface area contributed by atoms with E-state index in [-0.39, 0.29) is 24.5 Å². The van der Waals surface area contributed by atoms with Gasteiger partial charge in [0.2, 0.25) is 0 Å². The predicted octanol–water partition coefficient (Wildman–Crippen LogP) is 4.94. The highest BCUT2D eigenvalue weighted by Gasteiger charge is 2.71. The van der Waals surface area contributed by atoms with E-state index in [1.807, 2.05) is 0 Å². The van der Waals surface area contributed by atoms with Gasteiger partial charge in [-0.3, -0.25) is 0 Å². The van der Waals surface area contributed by atoms with E-state index in [1.165, 1.54) is 26.2 Å². The van der Waals surface area contributed by atoms with Gasteiger partial charge in [0.15, 0.2) is 0 Å². The average molecular weight is 466 g/mol. The van der Waals surface area contributed by atoms with Gasteiger partial charge in [0.25, 0.3) is 5.60 Å². The number of hydrogen-bond donors (Lipinski definition) is 1. The summed E-state index contributed by atoms with van der Waals surface area (Å²) < 4.78 is 93.4. The smallest absolute Gasteiger partial charge is 0.430 e. The number of methoxy groups -OCH3 is 1. The fourth-order valence-electron chi connectivity index (χ4n) is 2.76. The van der Waals surface area contributed by atoms with Crippen LogP contribution in [0, 0.1) is 6.92 Å². The minimum absolute atomic E-state index is 0.00579. The predicted molar refractivity (Wildman–Crippen MR) is 101 cm³/mol. The van der Waals surface area contributed by atoms with Crippen LogP contribution in [0.4, 0.5) is 26.3 Å². The number of esters is 1. The minimum atomic E-state index is -5.95. The molecule has 0 aliphatic heterocycles. The maximum Gasteiger partial charge on any atom is 0.430 e. The second-order valence-corrected chi connectivity index (χ2v) is 6.75. The Labute approximate surface area is 179 Å². The molecule has 0 aliphatic carbocycles. The molecule has 32 heavy (non-hydrogen) atoms. The molecule has 0 aromatic heterocycles. The first-order chi connectivity index (χ1) is 14.8. The molecule has 0 amide bonds. The van der Waals surface area contributed by atoms with E-state index in [0.29, 0.717) is 29.9 Å². The molecule has 2 aromatic rings. The lowest BCUT2D eigenvalue weighted by Crippen LogP contribution is -2.53. The number of carbonyl (C=O) groups excluding carboxylic acids is 1. The first-order valence-electron chi connectivity index (χ1n) is 9.22. The second-order valence-electron chi connectivity index (χ2n) is 6.75. The lowest BCUT2D eigenvalue weighted by Gasteiger charge is -2.33. The largest absolute Gasteiger partial charge is 0.493 e. The Hall–Kier alpha value is -2.95.